The van der Waals surface area contributed by atoms with E-state index in [1.54, 1.807) is 0 Å². The van der Waals surface area contributed by atoms with E-state index in [4.69, 9.17) is 4.74 Å². The van der Waals surface area contributed by atoms with Crippen molar-refractivity contribution >= 4 is 0 Å². The van der Waals surface area contributed by atoms with Crippen molar-refractivity contribution < 1.29 is 4.74 Å². The fourth-order valence-corrected chi connectivity index (χ4v) is 2.52. The largest absolute Gasteiger partial charge is 0.491 e. The van der Waals surface area contributed by atoms with Crippen LogP contribution in [0.2, 0.25) is 0 Å². The Kier molecular flexibility index (Phi) is 5.40. The highest BCUT2D eigenvalue weighted by molar-refractivity contribution is 5.38. The number of hydrogen-bond acceptors (Lipinski definition) is 2. The van der Waals surface area contributed by atoms with Gasteiger partial charge in [0.1, 0.15) is 5.75 Å². The number of rotatable bonds is 6. The predicted molar refractivity (Wildman–Crippen MR) is 88.9 cm³/mol. The molecule has 2 aromatic carbocycles. The van der Waals surface area contributed by atoms with Gasteiger partial charge >= 0.3 is 0 Å². The summed E-state index contributed by atoms with van der Waals surface area (Å²) in [5.41, 5.74) is 3.81. The molecule has 0 heterocycles. The zero-order valence-electron chi connectivity index (χ0n) is 13.4. The highest BCUT2D eigenvalue weighted by atomic mass is 16.5. The normalized spacial score (nSPS) is 12.4. The lowest BCUT2D eigenvalue weighted by Crippen LogP contribution is -2.22. The van der Waals surface area contributed by atoms with Gasteiger partial charge in [-0.1, -0.05) is 48.9 Å². The van der Waals surface area contributed by atoms with Gasteiger partial charge in [0.2, 0.25) is 0 Å². The molecule has 0 aliphatic heterocycles. The van der Waals surface area contributed by atoms with Crippen molar-refractivity contribution in [2.75, 3.05) is 6.54 Å². The van der Waals surface area contributed by atoms with Gasteiger partial charge in [-0.05, 0) is 50.6 Å². The van der Waals surface area contributed by atoms with Crippen LogP contribution in [0, 0.1) is 6.92 Å². The third kappa shape index (κ3) is 4.33. The molecule has 2 rings (SSSR count). The van der Waals surface area contributed by atoms with Gasteiger partial charge in [-0.3, -0.25) is 0 Å². The van der Waals surface area contributed by atoms with E-state index in [0.717, 1.165) is 12.3 Å². The van der Waals surface area contributed by atoms with Crippen LogP contribution in [0.1, 0.15) is 43.5 Å². The molecule has 0 radical (unpaired) electrons. The van der Waals surface area contributed by atoms with Crippen LogP contribution in [0.3, 0.4) is 0 Å². The smallest absolute Gasteiger partial charge is 0.120 e. The Morgan fingerprint density at radius 2 is 1.67 bits per heavy atom. The zero-order chi connectivity index (χ0) is 15.2. The molecule has 2 heteroatoms. The van der Waals surface area contributed by atoms with Crippen LogP contribution in [0.5, 0.6) is 5.75 Å². The van der Waals surface area contributed by atoms with E-state index in [0.29, 0.717) is 0 Å². The van der Waals surface area contributed by atoms with Gasteiger partial charge in [-0.15, -0.1) is 0 Å². The minimum atomic E-state index is 0.191. The molecule has 112 valence electrons. The number of hydrogen-bond donors (Lipinski definition) is 1. The SMILES string of the molecule is CCNC(c1cccc(C)c1)c1cccc(OC(C)C)c1. The van der Waals surface area contributed by atoms with Crippen LogP contribution in [-0.2, 0) is 0 Å². The summed E-state index contributed by atoms with van der Waals surface area (Å²) in [5, 5.41) is 3.57. The second-order valence-electron chi connectivity index (χ2n) is 5.64. The second kappa shape index (κ2) is 7.28. The lowest BCUT2D eigenvalue weighted by molar-refractivity contribution is 0.242. The molecule has 0 amide bonds. The van der Waals surface area contributed by atoms with Gasteiger partial charge in [0.15, 0.2) is 0 Å². The van der Waals surface area contributed by atoms with Crippen molar-refractivity contribution in [3.8, 4) is 5.75 Å². The minimum absolute atomic E-state index is 0.191. The average molecular weight is 283 g/mol. The summed E-state index contributed by atoms with van der Waals surface area (Å²) in [6.07, 6.45) is 0.191. The molecule has 1 atom stereocenters. The average Bonchev–Trinajstić information content (AvgIpc) is 2.44. The summed E-state index contributed by atoms with van der Waals surface area (Å²) in [6, 6.07) is 17.2. The van der Waals surface area contributed by atoms with Crippen molar-refractivity contribution in [3.63, 3.8) is 0 Å². The van der Waals surface area contributed by atoms with Crippen LogP contribution in [0.25, 0.3) is 0 Å². The van der Waals surface area contributed by atoms with Gasteiger partial charge in [-0.25, -0.2) is 0 Å². The first-order valence-electron chi connectivity index (χ1n) is 7.66. The molecule has 21 heavy (non-hydrogen) atoms. The van der Waals surface area contributed by atoms with Gasteiger partial charge in [0, 0.05) is 0 Å². The van der Waals surface area contributed by atoms with Crippen molar-refractivity contribution in [3.05, 3.63) is 65.2 Å². The van der Waals surface area contributed by atoms with Crippen molar-refractivity contribution in [1.29, 1.82) is 0 Å². The number of benzene rings is 2. The first-order valence-corrected chi connectivity index (χ1v) is 7.66. The van der Waals surface area contributed by atoms with Crippen molar-refractivity contribution in [2.45, 2.75) is 39.8 Å². The van der Waals surface area contributed by atoms with Crippen LogP contribution in [0.15, 0.2) is 48.5 Å². The quantitative estimate of drug-likeness (QED) is 0.844. The standard InChI is InChI=1S/C19H25NO/c1-5-20-19(16-9-6-8-15(4)12-16)17-10-7-11-18(13-17)21-14(2)3/h6-14,19-20H,5H2,1-4H3. The number of nitrogens with one attached hydrogen (secondary N) is 1. The summed E-state index contributed by atoms with van der Waals surface area (Å²) >= 11 is 0. The summed E-state index contributed by atoms with van der Waals surface area (Å²) in [4.78, 5) is 0. The Balaban J connectivity index is 2.34. The first kappa shape index (κ1) is 15.6. The van der Waals surface area contributed by atoms with E-state index in [2.05, 4.69) is 75.5 Å². The lowest BCUT2D eigenvalue weighted by Gasteiger charge is -2.20. The number of aryl methyl sites for hydroxylation is 1. The Labute approximate surface area is 128 Å². The summed E-state index contributed by atoms with van der Waals surface area (Å²) in [6.45, 7) is 9.29. The highest BCUT2D eigenvalue weighted by Gasteiger charge is 2.14. The molecule has 0 aliphatic carbocycles. The zero-order valence-corrected chi connectivity index (χ0v) is 13.4. The van der Waals surface area contributed by atoms with Crippen LogP contribution in [-0.4, -0.2) is 12.6 Å². The monoisotopic (exact) mass is 283 g/mol. The van der Waals surface area contributed by atoms with Crippen molar-refractivity contribution in [1.82, 2.24) is 5.32 Å². The van der Waals surface area contributed by atoms with Crippen LogP contribution in [0.4, 0.5) is 0 Å². The number of ether oxygens (including phenoxy) is 1. The summed E-state index contributed by atoms with van der Waals surface area (Å²) in [5.74, 6) is 0.929. The molecule has 0 saturated heterocycles. The molecular formula is C19H25NO. The minimum Gasteiger partial charge on any atom is -0.491 e. The Hall–Kier alpha value is -1.80. The molecule has 0 aliphatic rings. The molecule has 1 unspecified atom stereocenters. The molecule has 2 nitrogen and oxygen atoms in total. The fourth-order valence-electron chi connectivity index (χ4n) is 2.52. The molecule has 0 fully saturated rings. The highest BCUT2D eigenvalue weighted by Crippen LogP contribution is 2.26. The Morgan fingerprint density at radius 1 is 1.00 bits per heavy atom. The van der Waals surface area contributed by atoms with E-state index in [-0.39, 0.29) is 12.1 Å². The van der Waals surface area contributed by atoms with E-state index in [9.17, 15) is 0 Å². The first-order chi connectivity index (χ1) is 10.1. The topological polar surface area (TPSA) is 21.3 Å². The predicted octanol–water partition coefficient (Wildman–Crippen LogP) is 4.48. The van der Waals surface area contributed by atoms with E-state index >= 15 is 0 Å². The molecule has 0 aromatic heterocycles. The van der Waals surface area contributed by atoms with Gasteiger partial charge in [-0.2, -0.15) is 0 Å². The third-order valence-corrected chi connectivity index (χ3v) is 3.35. The second-order valence-corrected chi connectivity index (χ2v) is 5.64. The van der Waals surface area contributed by atoms with Gasteiger partial charge in [0.05, 0.1) is 12.1 Å². The maximum absolute atomic E-state index is 5.81. The molecule has 0 spiro atoms. The van der Waals surface area contributed by atoms with Gasteiger partial charge < -0.3 is 10.1 Å². The third-order valence-electron chi connectivity index (χ3n) is 3.35. The van der Waals surface area contributed by atoms with E-state index in [1.807, 2.05) is 6.07 Å². The summed E-state index contributed by atoms with van der Waals surface area (Å²) < 4.78 is 5.81. The molecule has 0 saturated carbocycles. The summed E-state index contributed by atoms with van der Waals surface area (Å²) in [7, 11) is 0. The van der Waals surface area contributed by atoms with E-state index in [1.165, 1.54) is 16.7 Å². The lowest BCUT2D eigenvalue weighted by atomic mass is 9.97. The fraction of sp³-hybridized carbons (Fsp3) is 0.368. The van der Waals surface area contributed by atoms with Crippen molar-refractivity contribution in [2.24, 2.45) is 0 Å². The van der Waals surface area contributed by atoms with Gasteiger partial charge in [0.25, 0.3) is 0 Å². The Morgan fingerprint density at radius 3 is 2.29 bits per heavy atom. The molecule has 2 aromatic rings. The maximum atomic E-state index is 5.81. The van der Waals surface area contributed by atoms with E-state index < -0.39 is 0 Å². The van der Waals surface area contributed by atoms with Crippen LogP contribution >= 0.6 is 0 Å². The maximum Gasteiger partial charge on any atom is 0.120 e. The van der Waals surface area contributed by atoms with Crippen LogP contribution < -0.4 is 10.1 Å². The Bertz CT molecular complexity index is 577. The molecular weight excluding hydrogens is 258 g/mol. The molecule has 1 N–H and O–H groups in total. The molecule has 0 bridgehead atoms.